The lowest BCUT2D eigenvalue weighted by atomic mass is 10.1. The van der Waals surface area contributed by atoms with Crippen LogP contribution in [0.1, 0.15) is 17.8 Å². The van der Waals surface area contributed by atoms with Gasteiger partial charge in [-0.2, -0.15) is 21.4 Å². The molecule has 0 spiro atoms. The molecule has 0 bridgehead atoms. The van der Waals surface area contributed by atoms with Crippen molar-refractivity contribution >= 4 is 76.9 Å². The molecule has 13 heteroatoms. The molecule has 210 valence electrons. The third kappa shape index (κ3) is 7.06. The van der Waals surface area contributed by atoms with Crippen LogP contribution in [0, 0.1) is 0 Å². The second kappa shape index (κ2) is 11.8. The van der Waals surface area contributed by atoms with Crippen molar-refractivity contribution in [2.75, 3.05) is 23.0 Å². The van der Waals surface area contributed by atoms with E-state index in [4.69, 9.17) is 11.6 Å². The zero-order chi connectivity index (χ0) is 28.5. The number of fused-ring (bicyclic) bond motifs is 2. The number of thioether (sulfide) groups is 1. The Bertz CT molecular complexity index is 1810. The maximum atomic E-state index is 11.4. The highest BCUT2D eigenvalue weighted by Gasteiger charge is 2.29. The van der Waals surface area contributed by atoms with Crippen molar-refractivity contribution in [1.82, 2.24) is 0 Å². The van der Waals surface area contributed by atoms with Gasteiger partial charge in [0.15, 0.2) is 6.54 Å². The zero-order valence-electron chi connectivity index (χ0n) is 21.1. The average Bonchev–Trinajstić information content (AvgIpc) is 3.40. The summed E-state index contributed by atoms with van der Waals surface area (Å²) in [7, 11) is -8.21. The standard InChI is InChI=1S/C27H25ClN2O6S4/c28-21-9-11-25-23(17-21)30(13-5-15-40(34,35)36)27(38-25)18-26-29(12-4-14-39(31,32)33)22-16-20(8-10-24(22)37-26)19-6-2-1-3-7-19/h1-3,6-11,16-18H,4-5,12-15H2,(H-,31,32,33,34,35,36)/p+1. The van der Waals surface area contributed by atoms with E-state index in [2.05, 4.69) is 16.7 Å². The summed E-state index contributed by atoms with van der Waals surface area (Å²) in [6.45, 7) is 0.709. The van der Waals surface area contributed by atoms with Crippen molar-refractivity contribution in [3.8, 4) is 11.1 Å². The summed E-state index contributed by atoms with van der Waals surface area (Å²) in [6.07, 6.45) is 2.44. The molecule has 40 heavy (non-hydrogen) atoms. The number of benzene rings is 3. The van der Waals surface area contributed by atoms with E-state index in [1.165, 1.54) is 11.8 Å². The van der Waals surface area contributed by atoms with Crippen molar-refractivity contribution in [1.29, 1.82) is 0 Å². The molecule has 3 aromatic carbocycles. The first-order valence-corrected chi connectivity index (χ1v) is 17.6. The largest absolute Gasteiger partial charge is 0.335 e. The Kier molecular flexibility index (Phi) is 8.58. The van der Waals surface area contributed by atoms with Crippen LogP contribution in [0.2, 0.25) is 5.02 Å². The van der Waals surface area contributed by atoms with E-state index >= 15 is 0 Å². The van der Waals surface area contributed by atoms with E-state index in [0.717, 1.165) is 42.0 Å². The fraction of sp³-hybridized carbons (Fsp3) is 0.222. The second-order valence-electron chi connectivity index (χ2n) is 9.27. The maximum Gasteiger partial charge on any atom is 0.265 e. The number of hydrogen-bond acceptors (Lipinski definition) is 7. The third-order valence-corrected chi connectivity index (χ3v) is 10.4. The number of halogens is 1. The summed E-state index contributed by atoms with van der Waals surface area (Å²) in [5.74, 6) is -0.718. The predicted octanol–water partition coefficient (Wildman–Crippen LogP) is 5.98. The zero-order valence-corrected chi connectivity index (χ0v) is 25.1. The van der Waals surface area contributed by atoms with Gasteiger partial charge in [0.05, 0.1) is 28.3 Å². The quantitative estimate of drug-likeness (QED) is 0.161. The molecule has 5 rings (SSSR count). The first-order chi connectivity index (χ1) is 19.0. The SMILES string of the molecule is O=S(=O)(O)CCCN1C(=Cc2sc3ccc(-c4ccccc4)cc3[n+]2CCCS(=O)(=O)O)Sc2ccc(Cl)cc21. The smallest absolute Gasteiger partial charge is 0.265 e. The first-order valence-electron chi connectivity index (χ1n) is 12.4. The fourth-order valence-electron chi connectivity index (χ4n) is 4.58. The van der Waals surface area contributed by atoms with E-state index < -0.39 is 20.2 Å². The van der Waals surface area contributed by atoms with Crippen molar-refractivity contribution in [2.24, 2.45) is 0 Å². The summed E-state index contributed by atoms with van der Waals surface area (Å²) >= 11 is 9.36. The van der Waals surface area contributed by atoms with E-state index in [1.54, 1.807) is 17.4 Å². The van der Waals surface area contributed by atoms with Gasteiger partial charge in [0.25, 0.3) is 25.2 Å². The summed E-state index contributed by atoms with van der Waals surface area (Å²) in [6, 6.07) is 21.7. The average molecular weight is 638 g/mol. The summed E-state index contributed by atoms with van der Waals surface area (Å²) < 4.78 is 67.2. The lowest BCUT2D eigenvalue weighted by Gasteiger charge is -2.20. The molecule has 8 nitrogen and oxygen atoms in total. The molecule has 4 aromatic rings. The van der Waals surface area contributed by atoms with Gasteiger partial charge in [-0.15, -0.1) is 0 Å². The molecule has 0 aliphatic carbocycles. The molecule has 0 radical (unpaired) electrons. The van der Waals surface area contributed by atoms with Gasteiger partial charge in [-0.25, -0.2) is 0 Å². The highest BCUT2D eigenvalue weighted by molar-refractivity contribution is 8.04. The van der Waals surface area contributed by atoms with E-state index in [1.807, 2.05) is 59.5 Å². The second-order valence-corrected chi connectivity index (χ2v) is 15.0. The molecular formula is C27H26ClN2O6S4+. The normalized spacial score (nSPS) is 14.8. The molecule has 0 saturated heterocycles. The van der Waals surface area contributed by atoms with Crippen LogP contribution >= 0.6 is 34.7 Å². The van der Waals surface area contributed by atoms with Crippen molar-refractivity contribution in [3.05, 3.63) is 81.8 Å². The molecule has 1 aromatic heterocycles. The fourth-order valence-corrected chi connectivity index (χ4v) is 8.02. The number of rotatable bonds is 10. The van der Waals surface area contributed by atoms with Gasteiger partial charge in [-0.05, 0) is 41.8 Å². The van der Waals surface area contributed by atoms with Crippen molar-refractivity contribution in [3.63, 3.8) is 0 Å². The molecule has 1 aliphatic heterocycles. The monoisotopic (exact) mass is 637 g/mol. The minimum Gasteiger partial charge on any atom is -0.335 e. The molecule has 1 aliphatic rings. The molecule has 2 heterocycles. The minimum atomic E-state index is -4.11. The molecule has 0 saturated carbocycles. The van der Waals surface area contributed by atoms with Gasteiger partial charge >= 0.3 is 0 Å². The Morgan fingerprint density at radius 2 is 1.60 bits per heavy atom. The molecule has 0 fully saturated rings. The van der Waals surface area contributed by atoms with Gasteiger partial charge in [0.1, 0.15) is 4.70 Å². The topological polar surface area (TPSA) is 116 Å². The Labute approximate surface area is 246 Å². The Hall–Kier alpha value is -2.45. The number of hydrogen-bond donors (Lipinski definition) is 2. The van der Waals surface area contributed by atoms with E-state index in [0.29, 0.717) is 18.1 Å². The van der Waals surface area contributed by atoms with E-state index in [-0.39, 0.29) is 24.3 Å². The van der Waals surface area contributed by atoms with Gasteiger partial charge < -0.3 is 4.90 Å². The third-order valence-electron chi connectivity index (χ3n) is 6.34. The van der Waals surface area contributed by atoms with Crippen LogP contribution in [0.5, 0.6) is 0 Å². The van der Waals surface area contributed by atoms with Gasteiger partial charge in [0, 0.05) is 29.0 Å². The molecule has 0 atom stereocenters. The van der Waals surface area contributed by atoms with Crippen LogP contribution < -0.4 is 9.47 Å². The minimum absolute atomic E-state index is 0.212. The van der Waals surface area contributed by atoms with Crippen LogP contribution in [0.15, 0.2) is 76.7 Å². The maximum absolute atomic E-state index is 11.4. The number of aryl methyl sites for hydroxylation is 1. The van der Waals surface area contributed by atoms with E-state index in [9.17, 15) is 25.9 Å². The number of thiazole rings is 1. The molecule has 0 unspecified atom stereocenters. The van der Waals surface area contributed by atoms with Crippen molar-refractivity contribution in [2.45, 2.75) is 24.3 Å². The summed E-state index contributed by atoms with van der Waals surface area (Å²) in [4.78, 5) is 2.95. The number of nitrogens with zero attached hydrogens (tertiary/aromatic N) is 2. The number of anilines is 1. The molecule has 0 amide bonds. The summed E-state index contributed by atoms with van der Waals surface area (Å²) in [5, 5.41) is 2.28. The Balaban J connectivity index is 1.57. The van der Waals surface area contributed by atoms with Crippen LogP contribution in [-0.2, 0) is 26.8 Å². The van der Waals surface area contributed by atoms with Gasteiger partial charge in [-0.1, -0.05) is 71.1 Å². The first kappa shape index (κ1) is 29.1. The highest BCUT2D eigenvalue weighted by Crippen LogP contribution is 2.48. The predicted molar refractivity (Wildman–Crippen MR) is 162 cm³/mol. The van der Waals surface area contributed by atoms with Crippen LogP contribution in [0.25, 0.3) is 27.4 Å². The van der Waals surface area contributed by atoms with Gasteiger partial charge in [0.2, 0.25) is 5.52 Å². The molecule has 2 N–H and O–H groups in total. The lowest BCUT2D eigenvalue weighted by Crippen LogP contribution is -2.36. The Morgan fingerprint density at radius 3 is 2.33 bits per heavy atom. The number of aromatic nitrogens is 1. The van der Waals surface area contributed by atoms with Gasteiger partial charge in [-0.3, -0.25) is 9.11 Å². The van der Waals surface area contributed by atoms with Crippen LogP contribution in [-0.4, -0.2) is 44.0 Å². The molecular weight excluding hydrogens is 612 g/mol. The van der Waals surface area contributed by atoms with Crippen molar-refractivity contribution < 1.29 is 30.5 Å². The lowest BCUT2D eigenvalue weighted by molar-refractivity contribution is -0.668. The summed E-state index contributed by atoms with van der Waals surface area (Å²) in [5.41, 5.74) is 3.88. The highest BCUT2D eigenvalue weighted by atomic mass is 35.5. The van der Waals surface area contributed by atoms with Crippen LogP contribution in [0.4, 0.5) is 5.69 Å². The van der Waals surface area contributed by atoms with Crippen LogP contribution in [0.3, 0.4) is 0 Å². The Morgan fingerprint density at radius 1 is 0.875 bits per heavy atom.